The molecular weight excluding hydrogens is 550 g/mol. The van der Waals surface area contributed by atoms with E-state index < -0.39 is 11.5 Å². The lowest BCUT2D eigenvalue weighted by molar-refractivity contribution is -0.155. The number of amides is 1. The Labute approximate surface area is 271 Å². The summed E-state index contributed by atoms with van der Waals surface area (Å²) in [6.45, 7) is 15.9. The molecule has 1 N–H and O–H groups in total. The van der Waals surface area contributed by atoms with Crippen LogP contribution in [0.25, 0.3) is 0 Å². The third-order valence-corrected chi connectivity index (χ3v) is 6.26. The van der Waals surface area contributed by atoms with Gasteiger partial charge in [0.25, 0.3) is 0 Å². The molecule has 0 unspecified atom stereocenters. The van der Waals surface area contributed by atoms with Crippen molar-refractivity contribution in [1.82, 2.24) is 5.32 Å². The molecule has 0 spiro atoms. The first-order valence-corrected chi connectivity index (χ1v) is 16.8. The molecule has 0 saturated carbocycles. The number of ketones is 1. The van der Waals surface area contributed by atoms with E-state index in [1.165, 1.54) is 39.7 Å². The predicted molar refractivity (Wildman–Crippen MR) is 189 cm³/mol. The second-order valence-electron chi connectivity index (χ2n) is 11.0. The largest absolute Gasteiger partial charge is 0.465 e. The van der Waals surface area contributed by atoms with E-state index in [1.807, 2.05) is 34.6 Å². The normalized spacial score (nSPS) is 12.4. The minimum Gasteiger partial charge on any atom is -0.465 e. The van der Waals surface area contributed by atoms with Gasteiger partial charge < -0.3 is 14.8 Å². The molecule has 0 bridgehead atoms. The summed E-state index contributed by atoms with van der Waals surface area (Å²) in [7, 11) is 1.45. The number of nitrogens with one attached hydrogen (secondary N) is 1. The van der Waals surface area contributed by atoms with E-state index in [0.29, 0.717) is 12.8 Å². The average molecular weight is 618 g/mol. The number of carbonyl (C=O) groups excluding carboxylic acids is 3. The molecule has 254 valence electrons. The number of unbranched alkanes of at least 4 members (excludes halogenated alkanes) is 4. The number of hydrogen-bond donors (Lipinski definition) is 1. The number of ether oxygens (including phenoxy) is 2. The molecule has 0 aromatic carbocycles. The van der Waals surface area contributed by atoms with E-state index in [9.17, 15) is 14.4 Å². The summed E-state index contributed by atoms with van der Waals surface area (Å²) < 4.78 is 10.8. The van der Waals surface area contributed by atoms with E-state index >= 15 is 0 Å². The van der Waals surface area contributed by atoms with Gasteiger partial charge in [-0.2, -0.15) is 0 Å². The Morgan fingerprint density at radius 3 is 1.66 bits per heavy atom. The topological polar surface area (TPSA) is 81.7 Å². The lowest BCUT2D eigenvalue weighted by atomic mass is 9.86. The SMILES string of the molecule is C/C=C\C/C=C\C/C=C\C/C=C\C/C=C\CCCC(=O)OCC(C)(C)[C@@H](OC)C(=O)NCCC(C)=O.CC.CCCCCC. The summed E-state index contributed by atoms with van der Waals surface area (Å²) in [6.07, 6.45) is 32.0. The van der Waals surface area contributed by atoms with Crippen LogP contribution < -0.4 is 5.32 Å². The summed E-state index contributed by atoms with van der Waals surface area (Å²) in [6, 6.07) is 0. The van der Waals surface area contributed by atoms with E-state index in [-0.39, 0.29) is 37.2 Å². The van der Waals surface area contributed by atoms with E-state index in [0.717, 1.165) is 32.1 Å². The van der Waals surface area contributed by atoms with Gasteiger partial charge in [-0.25, -0.2) is 0 Å². The highest BCUT2D eigenvalue weighted by Crippen LogP contribution is 2.24. The quantitative estimate of drug-likeness (QED) is 0.0701. The molecule has 0 saturated heterocycles. The van der Waals surface area contributed by atoms with Crippen LogP contribution in [0.4, 0.5) is 0 Å². The number of carbonyl (C=O) groups is 3. The zero-order valence-electron chi connectivity index (χ0n) is 29.8. The molecule has 0 aromatic heterocycles. The van der Waals surface area contributed by atoms with Crippen LogP contribution in [0.1, 0.15) is 132 Å². The number of methoxy groups -OCH3 is 1. The molecule has 6 heteroatoms. The van der Waals surface area contributed by atoms with Crippen molar-refractivity contribution in [3.63, 3.8) is 0 Å². The first kappa shape index (κ1) is 45.7. The molecule has 1 atom stereocenters. The fraction of sp³-hybridized carbons (Fsp3) is 0.658. The zero-order chi connectivity index (χ0) is 33.9. The molecule has 6 nitrogen and oxygen atoms in total. The Morgan fingerprint density at radius 1 is 0.750 bits per heavy atom. The van der Waals surface area contributed by atoms with Crippen LogP contribution in [0.3, 0.4) is 0 Å². The Hall–Kier alpha value is -2.73. The molecule has 0 aliphatic rings. The van der Waals surface area contributed by atoms with Crippen molar-refractivity contribution in [2.45, 2.75) is 139 Å². The predicted octanol–water partition coefficient (Wildman–Crippen LogP) is 9.81. The van der Waals surface area contributed by atoms with Crippen LogP contribution in [0.2, 0.25) is 0 Å². The minimum atomic E-state index is -0.784. The third kappa shape index (κ3) is 32.2. The molecule has 0 aliphatic carbocycles. The number of hydrogen-bond acceptors (Lipinski definition) is 5. The number of allylic oxidation sites excluding steroid dienone is 10. The van der Waals surface area contributed by atoms with E-state index in [1.54, 1.807) is 0 Å². The van der Waals surface area contributed by atoms with Crippen molar-refractivity contribution in [2.24, 2.45) is 5.41 Å². The van der Waals surface area contributed by atoms with Crippen molar-refractivity contribution in [3.05, 3.63) is 60.8 Å². The molecular formula is C38H67NO5. The first-order valence-electron chi connectivity index (χ1n) is 16.8. The fourth-order valence-corrected chi connectivity index (χ4v) is 3.76. The Bertz CT molecular complexity index is 832. The number of Topliss-reactive ketones (excluding diaryl/α,β-unsaturated/α-hetero) is 1. The lowest BCUT2D eigenvalue weighted by Crippen LogP contribution is -2.47. The lowest BCUT2D eigenvalue weighted by Gasteiger charge is -2.31. The van der Waals surface area contributed by atoms with E-state index in [4.69, 9.17) is 9.47 Å². The van der Waals surface area contributed by atoms with Gasteiger partial charge in [-0.05, 0) is 52.4 Å². The second-order valence-corrected chi connectivity index (χ2v) is 11.0. The highest BCUT2D eigenvalue weighted by Gasteiger charge is 2.36. The molecule has 0 radical (unpaired) electrons. The fourth-order valence-electron chi connectivity index (χ4n) is 3.76. The standard InChI is InChI=1S/C30H47NO5.C6H14.C2H6/c1-6-7-8-9-10-11-12-13-14-15-16-17-18-19-20-21-22-27(33)36-25-30(3,4)28(35-5)29(34)31-24-23-26(2)32;1-3-5-6-4-2;1-2/h6-7,9-10,12-13,15-16,18-19,28H,8,11,14,17,20-25H2,1-5H3,(H,31,34);3-6H2,1-2H3;1-2H3/b7-6-,10-9-,13-12-,16-15-,19-18-;;/t28-;;/m0../s1. The summed E-state index contributed by atoms with van der Waals surface area (Å²) in [5, 5.41) is 2.70. The zero-order valence-corrected chi connectivity index (χ0v) is 29.8. The van der Waals surface area contributed by atoms with Crippen LogP contribution in [0, 0.1) is 5.41 Å². The van der Waals surface area contributed by atoms with Gasteiger partial charge in [0.15, 0.2) is 0 Å². The van der Waals surface area contributed by atoms with Crippen molar-refractivity contribution >= 4 is 17.7 Å². The molecule has 44 heavy (non-hydrogen) atoms. The number of rotatable bonds is 23. The van der Waals surface area contributed by atoms with Gasteiger partial charge in [-0.15, -0.1) is 0 Å². The Kier molecular flexibility index (Phi) is 36.1. The minimum absolute atomic E-state index is 0.00628. The summed E-state index contributed by atoms with van der Waals surface area (Å²) >= 11 is 0. The van der Waals surface area contributed by atoms with Gasteiger partial charge >= 0.3 is 5.97 Å². The van der Waals surface area contributed by atoms with Crippen molar-refractivity contribution in [2.75, 3.05) is 20.3 Å². The maximum absolute atomic E-state index is 12.4. The maximum Gasteiger partial charge on any atom is 0.305 e. The van der Waals surface area contributed by atoms with Crippen LogP contribution >= 0.6 is 0 Å². The number of esters is 1. The van der Waals surface area contributed by atoms with Gasteiger partial charge in [-0.1, -0.05) is 128 Å². The van der Waals surface area contributed by atoms with Crippen LogP contribution in [0.15, 0.2) is 60.8 Å². The molecule has 0 aromatic rings. The molecule has 1 amide bonds. The van der Waals surface area contributed by atoms with Crippen LogP contribution in [0.5, 0.6) is 0 Å². The van der Waals surface area contributed by atoms with Gasteiger partial charge in [0.2, 0.25) is 5.91 Å². The molecule has 0 heterocycles. The third-order valence-electron chi connectivity index (χ3n) is 6.26. The Balaban J connectivity index is -0.00000186. The highest BCUT2D eigenvalue weighted by molar-refractivity contribution is 5.82. The molecule has 0 fully saturated rings. The van der Waals surface area contributed by atoms with Gasteiger partial charge in [0.05, 0.1) is 6.61 Å². The molecule has 0 rings (SSSR count). The smallest absolute Gasteiger partial charge is 0.305 e. The van der Waals surface area contributed by atoms with Gasteiger partial charge in [0, 0.05) is 31.9 Å². The second kappa shape index (κ2) is 34.8. The Morgan fingerprint density at radius 2 is 1.23 bits per heavy atom. The summed E-state index contributed by atoms with van der Waals surface area (Å²) in [4.78, 5) is 35.5. The maximum atomic E-state index is 12.4. The first-order chi connectivity index (χ1) is 21.2. The van der Waals surface area contributed by atoms with Crippen molar-refractivity contribution in [3.8, 4) is 0 Å². The van der Waals surface area contributed by atoms with Crippen LogP contribution in [-0.4, -0.2) is 44.0 Å². The summed E-state index contributed by atoms with van der Waals surface area (Å²) in [5.74, 6) is -0.596. The summed E-state index contributed by atoms with van der Waals surface area (Å²) in [5.41, 5.74) is -0.699. The van der Waals surface area contributed by atoms with E-state index in [2.05, 4.69) is 79.9 Å². The highest BCUT2D eigenvalue weighted by atomic mass is 16.5. The molecule has 0 aliphatic heterocycles. The van der Waals surface area contributed by atoms with Crippen molar-refractivity contribution < 1.29 is 23.9 Å². The monoisotopic (exact) mass is 618 g/mol. The average Bonchev–Trinajstić information content (AvgIpc) is 3.00. The van der Waals surface area contributed by atoms with Gasteiger partial charge in [0.1, 0.15) is 11.9 Å². The van der Waals surface area contributed by atoms with Crippen molar-refractivity contribution in [1.29, 1.82) is 0 Å². The van der Waals surface area contributed by atoms with Gasteiger partial charge in [-0.3, -0.25) is 14.4 Å². The van der Waals surface area contributed by atoms with Crippen LogP contribution in [-0.2, 0) is 23.9 Å².